The summed E-state index contributed by atoms with van der Waals surface area (Å²) in [6.07, 6.45) is 2.69. The molecule has 19 heavy (non-hydrogen) atoms. The van der Waals surface area contributed by atoms with Gasteiger partial charge in [-0.1, -0.05) is 35.9 Å². The number of carbonyl (C=O) groups is 1. The molecule has 1 N–H and O–H groups in total. The van der Waals surface area contributed by atoms with Crippen LogP contribution in [-0.4, -0.2) is 16.1 Å². The number of rotatable bonds is 5. The van der Waals surface area contributed by atoms with Crippen molar-refractivity contribution in [3.05, 3.63) is 65.5 Å². The summed E-state index contributed by atoms with van der Waals surface area (Å²) in [7, 11) is 0. The maximum atomic E-state index is 11.4. The van der Waals surface area contributed by atoms with Gasteiger partial charge in [0.25, 0.3) is 0 Å². The Morgan fingerprint density at radius 2 is 2.05 bits per heavy atom. The molecule has 1 unspecified atom stereocenters. The summed E-state index contributed by atoms with van der Waals surface area (Å²) < 4.78 is 0. The molecule has 0 radical (unpaired) electrons. The van der Waals surface area contributed by atoms with Gasteiger partial charge >= 0.3 is 5.97 Å². The Balaban J connectivity index is 2.11. The predicted octanol–water partition coefficient (Wildman–Crippen LogP) is 2.88. The van der Waals surface area contributed by atoms with Crippen LogP contribution in [0.5, 0.6) is 0 Å². The van der Waals surface area contributed by atoms with Crippen molar-refractivity contribution in [1.82, 2.24) is 4.98 Å². The Morgan fingerprint density at radius 3 is 2.68 bits per heavy atom. The van der Waals surface area contributed by atoms with Gasteiger partial charge in [0.05, 0.1) is 5.92 Å². The smallest absolute Gasteiger partial charge is 0.307 e. The van der Waals surface area contributed by atoms with Gasteiger partial charge in [-0.05, 0) is 31.0 Å². The van der Waals surface area contributed by atoms with Crippen molar-refractivity contribution in [1.29, 1.82) is 0 Å². The molecule has 0 saturated heterocycles. The van der Waals surface area contributed by atoms with Crippen LogP contribution in [0.25, 0.3) is 0 Å². The number of aromatic nitrogens is 1. The van der Waals surface area contributed by atoms with Crippen LogP contribution in [0.4, 0.5) is 0 Å². The van der Waals surface area contributed by atoms with Crippen molar-refractivity contribution >= 4 is 5.97 Å². The maximum Gasteiger partial charge on any atom is 0.307 e. The van der Waals surface area contributed by atoms with E-state index in [0.29, 0.717) is 12.8 Å². The summed E-state index contributed by atoms with van der Waals surface area (Å²) >= 11 is 0. The molecule has 98 valence electrons. The molecule has 0 amide bonds. The highest BCUT2D eigenvalue weighted by molar-refractivity contribution is 5.70. The lowest BCUT2D eigenvalue weighted by Gasteiger charge is -2.12. The molecule has 2 rings (SSSR count). The predicted molar refractivity (Wildman–Crippen MR) is 73.9 cm³/mol. The SMILES string of the molecule is Cc1cccc(CC(Cc2ccccn2)C(=O)O)c1. The lowest BCUT2D eigenvalue weighted by atomic mass is 9.94. The van der Waals surface area contributed by atoms with Crippen LogP contribution < -0.4 is 0 Å². The van der Waals surface area contributed by atoms with E-state index < -0.39 is 11.9 Å². The second-order valence-corrected chi connectivity index (χ2v) is 4.75. The highest BCUT2D eigenvalue weighted by Crippen LogP contribution is 2.15. The average molecular weight is 255 g/mol. The van der Waals surface area contributed by atoms with E-state index in [9.17, 15) is 9.90 Å². The minimum absolute atomic E-state index is 0.434. The topological polar surface area (TPSA) is 50.2 Å². The summed E-state index contributed by atoms with van der Waals surface area (Å²) in [5.41, 5.74) is 3.03. The summed E-state index contributed by atoms with van der Waals surface area (Å²) in [6, 6.07) is 13.6. The average Bonchev–Trinajstić information content (AvgIpc) is 2.39. The maximum absolute atomic E-state index is 11.4. The van der Waals surface area contributed by atoms with Crippen LogP contribution in [0, 0.1) is 12.8 Å². The van der Waals surface area contributed by atoms with Gasteiger partial charge in [0.1, 0.15) is 0 Å². The quantitative estimate of drug-likeness (QED) is 0.893. The van der Waals surface area contributed by atoms with E-state index in [0.717, 1.165) is 16.8 Å². The number of aliphatic carboxylic acids is 1. The third-order valence-corrected chi connectivity index (χ3v) is 3.10. The Morgan fingerprint density at radius 1 is 1.21 bits per heavy atom. The molecule has 0 spiro atoms. The monoisotopic (exact) mass is 255 g/mol. The number of carboxylic acid groups (broad SMARTS) is 1. The van der Waals surface area contributed by atoms with Gasteiger partial charge in [-0.25, -0.2) is 0 Å². The van der Waals surface area contributed by atoms with Gasteiger partial charge < -0.3 is 5.11 Å². The number of hydrogen-bond donors (Lipinski definition) is 1. The van der Waals surface area contributed by atoms with Crippen molar-refractivity contribution in [3.8, 4) is 0 Å². The van der Waals surface area contributed by atoms with Crippen LogP contribution in [-0.2, 0) is 17.6 Å². The number of aryl methyl sites for hydroxylation is 1. The number of benzene rings is 1. The van der Waals surface area contributed by atoms with Crippen molar-refractivity contribution in [2.24, 2.45) is 5.92 Å². The molecular weight excluding hydrogens is 238 g/mol. The van der Waals surface area contributed by atoms with Gasteiger partial charge in [0, 0.05) is 18.3 Å². The van der Waals surface area contributed by atoms with E-state index in [2.05, 4.69) is 4.98 Å². The van der Waals surface area contributed by atoms with Crippen LogP contribution in [0.15, 0.2) is 48.7 Å². The highest BCUT2D eigenvalue weighted by atomic mass is 16.4. The summed E-state index contributed by atoms with van der Waals surface area (Å²) in [6.45, 7) is 2.01. The molecule has 1 heterocycles. The molecule has 0 saturated carbocycles. The first-order valence-corrected chi connectivity index (χ1v) is 6.33. The van der Waals surface area contributed by atoms with Crippen LogP contribution >= 0.6 is 0 Å². The summed E-state index contributed by atoms with van der Waals surface area (Å²) in [5, 5.41) is 9.34. The zero-order chi connectivity index (χ0) is 13.7. The second-order valence-electron chi connectivity index (χ2n) is 4.75. The second kappa shape index (κ2) is 6.14. The minimum Gasteiger partial charge on any atom is -0.481 e. The molecule has 1 aromatic carbocycles. The molecule has 0 aliphatic rings. The molecule has 3 nitrogen and oxygen atoms in total. The molecular formula is C16H17NO2. The highest BCUT2D eigenvalue weighted by Gasteiger charge is 2.19. The summed E-state index contributed by atoms with van der Waals surface area (Å²) in [4.78, 5) is 15.6. The fourth-order valence-corrected chi connectivity index (χ4v) is 2.14. The molecule has 0 fully saturated rings. The van der Waals surface area contributed by atoms with Crippen molar-refractivity contribution in [2.45, 2.75) is 19.8 Å². The zero-order valence-corrected chi connectivity index (χ0v) is 10.9. The number of nitrogens with zero attached hydrogens (tertiary/aromatic N) is 1. The van der Waals surface area contributed by atoms with Gasteiger partial charge in [0.2, 0.25) is 0 Å². The molecule has 3 heteroatoms. The van der Waals surface area contributed by atoms with Gasteiger partial charge in [-0.3, -0.25) is 9.78 Å². The first-order valence-electron chi connectivity index (χ1n) is 6.33. The Kier molecular flexibility index (Phi) is 4.29. The van der Waals surface area contributed by atoms with Gasteiger partial charge in [-0.2, -0.15) is 0 Å². The third kappa shape index (κ3) is 3.91. The first-order chi connectivity index (χ1) is 9.15. The molecule has 2 aromatic rings. The fraction of sp³-hybridized carbons (Fsp3) is 0.250. The van der Waals surface area contributed by atoms with Crippen molar-refractivity contribution in [2.75, 3.05) is 0 Å². The minimum atomic E-state index is -0.771. The zero-order valence-electron chi connectivity index (χ0n) is 10.9. The fourth-order valence-electron chi connectivity index (χ4n) is 2.14. The Bertz CT molecular complexity index is 552. The van der Waals surface area contributed by atoms with E-state index in [1.54, 1.807) is 6.20 Å². The molecule has 0 aliphatic heterocycles. The molecule has 0 bridgehead atoms. The largest absolute Gasteiger partial charge is 0.481 e. The van der Waals surface area contributed by atoms with Crippen LogP contribution in [0.3, 0.4) is 0 Å². The Hall–Kier alpha value is -2.16. The molecule has 1 atom stereocenters. The van der Waals surface area contributed by atoms with Crippen molar-refractivity contribution in [3.63, 3.8) is 0 Å². The lowest BCUT2D eigenvalue weighted by molar-refractivity contribution is -0.141. The van der Waals surface area contributed by atoms with Crippen molar-refractivity contribution < 1.29 is 9.90 Å². The van der Waals surface area contributed by atoms with E-state index in [1.165, 1.54) is 0 Å². The summed E-state index contributed by atoms with van der Waals surface area (Å²) in [5.74, 6) is -1.20. The van der Waals surface area contributed by atoms with Crippen LogP contribution in [0.2, 0.25) is 0 Å². The normalized spacial score (nSPS) is 12.1. The number of hydrogen-bond acceptors (Lipinski definition) is 2. The molecule has 1 aromatic heterocycles. The van der Waals surface area contributed by atoms with E-state index >= 15 is 0 Å². The number of pyridine rings is 1. The van der Waals surface area contributed by atoms with E-state index in [-0.39, 0.29) is 0 Å². The molecule has 0 aliphatic carbocycles. The van der Waals surface area contributed by atoms with Crippen LogP contribution in [0.1, 0.15) is 16.8 Å². The lowest BCUT2D eigenvalue weighted by Crippen LogP contribution is -2.19. The number of carboxylic acids is 1. The first kappa shape index (κ1) is 13.3. The van der Waals surface area contributed by atoms with Gasteiger partial charge in [0.15, 0.2) is 0 Å². The third-order valence-electron chi connectivity index (χ3n) is 3.10. The standard InChI is InChI=1S/C16H17NO2/c1-12-5-4-6-13(9-12)10-14(16(18)19)11-15-7-2-3-8-17-15/h2-9,14H,10-11H2,1H3,(H,18,19). The Labute approximate surface area is 112 Å². The van der Waals surface area contributed by atoms with E-state index in [4.69, 9.17) is 0 Å². The van der Waals surface area contributed by atoms with Gasteiger partial charge in [-0.15, -0.1) is 0 Å². The van der Waals surface area contributed by atoms with E-state index in [1.807, 2.05) is 49.4 Å².